The molecule has 0 saturated heterocycles. The van der Waals surface area contributed by atoms with Crippen LogP contribution in [0.3, 0.4) is 0 Å². The Hall–Kier alpha value is -5.84. The zero-order valence-corrected chi connectivity index (χ0v) is 18.5. The largest absolute Gasteiger partial charge is 0.412 e. The summed E-state index contributed by atoms with van der Waals surface area (Å²) in [4.78, 5) is 39.2. The predicted molar refractivity (Wildman–Crippen MR) is 125 cm³/mol. The van der Waals surface area contributed by atoms with Gasteiger partial charge >= 0.3 is 0 Å². The van der Waals surface area contributed by atoms with Gasteiger partial charge in [-0.3, -0.25) is 0 Å². The van der Waals surface area contributed by atoms with Crippen LogP contribution in [0.4, 0.5) is 0 Å². The van der Waals surface area contributed by atoms with Crippen LogP contribution in [0, 0.1) is 46.0 Å². The van der Waals surface area contributed by atoms with Gasteiger partial charge < -0.3 is 51.4 Å². The normalized spacial score (nSPS) is 8.76. The average molecular weight is 517 g/mol. The summed E-state index contributed by atoms with van der Waals surface area (Å²) in [5.41, 5.74) is 6.06. The van der Waals surface area contributed by atoms with Crippen LogP contribution in [0.15, 0.2) is 85.5 Å². The van der Waals surface area contributed by atoms with Gasteiger partial charge in [-0.2, -0.15) is 0 Å². The Labute approximate surface area is 206 Å². The third-order valence-corrected chi connectivity index (χ3v) is 3.85. The molecular weight excluding hydrogens is 498 g/mol. The van der Waals surface area contributed by atoms with E-state index < -0.39 is 15.3 Å². The fourth-order valence-electron chi connectivity index (χ4n) is 2.66. The van der Waals surface area contributed by atoms with Crippen molar-refractivity contribution in [3.05, 3.63) is 131 Å². The topological polar surface area (TPSA) is 285 Å². The molecule has 37 heavy (non-hydrogen) atoms. The Morgan fingerprint density at radius 3 is 1.27 bits per heavy atom. The number of hydrogen-bond acceptors (Lipinski definition) is 10. The molecule has 4 rings (SSSR count). The number of aromatic nitrogens is 4. The molecule has 0 aliphatic heterocycles. The van der Waals surface area contributed by atoms with E-state index >= 15 is 0 Å². The van der Waals surface area contributed by atoms with Gasteiger partial charge in [0, 0.05) is 36.4 Å². The minimum absolute atomic E-state index is 0. The van der Waals surface area contributed by atoms with Crippen LogP contribution >= 0.6 is 0 Å². The Balaban J connectivity index is 0.000000846. The van der Waals surface area contributed by atoms with Crippen LogP contribution in [-0.4, -0.2) is 25.7 Å². The highest BCUT2D eigenvalue weighted by atomic mass is 16.9. The lowest BCUT2D eigenvalue weighted by Gasteiger charge is -2.05. The molecule has 0 unspecified atom stereocenters. The second-order valence-corrected chi connectivity index (χ2v) is 6.14. The molecule has 4 aromatic rings. The van der Waals surface area contributed by atoms with Crippen molar-refractivity contribution in [1.29, 1.82) is 0 Å². The molecule has 5 N–H and O–H groups in total. The highest BCUT2D eigenvalue weighted by Gasteiger charge is 2.15. The van der Waals surface area contributed by atoms with Crippen LogP contribution in [-0.2, 0) is 0 Å². The lowest BCUT2D eigenvalue weighted by Crippen LogP contribution is -2.09. The zero-order chi connectivity index (χ0) is 26.9. The van der Waals surface area contributed by atoms with Crippen LogP contribution in [0.5, 0.6) is 0 Å². The molecule has 0 fully saturated rings. The Morgan fingerprint density at radius 2 is 0.946 bits per heavy atom. The number of nitrogens with one attached hydrogen (secondary N) is 3. The first-order chi connectivity index (χ1) is 17.1. The molecule has 17 heteroatoms. The molecule has 0 aliphatic rings. The smallest absolute Gasteiger partial charge is 0.229 e. The van der Waals surface area contributed by atoms with Crippen molar-refractivity contribution in [2.75, 3.05) is 0 Å². The van der Waals surface area contributed by atoms with E-state index in [9.17, 15) is 0 Å². The minimum Gasteiger partial charge on any atom is -0.412 e. The van der Waals surface area contributed by atoms with Crippen LogP contribution in [0.2, 0.25) is 0 Å². The van der Waals surface area contributed by atoms with E-state index in [-0.39, 0.29) is 5.48 Å². The second-order valence-electron chi connectivity index (χ2n) is 6.14. The Bertz CT molecular complexity index is 1070. The maximum absolute atomic E-state index is 8.25. The van der Waals surface area contributed by atoms with E-state index in [2.05, 4.69) is 39.2 Å². The predicted octanol–water partition coefficient (Wildman–Crippen LogP) is 0.983. The molecule has 0 bridgehead atoms. The van der Waals surface area contributed by atoms with Crippen molar-refractivity contribution in [3.63, 3.8) is 0 Å². The number of pyridine rings is 4. The van der Waals surface area contributed by atoms with Crippen molar-refractivity contribution in [1.82, 2.24) is 4.98 Å². The molecule has 0 amide bonds. The minimum atomic E-state index is -1.75. The van der Waals surface area contributed by atoms with Gasteiger partial charge in [-0.15, -0.1) is 0 Å². The van der Waals surface area contributed by atoms with Crippen molar-refractivity contribution >= 4 is 0 Å². The summed E-state index contributed by atoms with van der Waals surface area (Å²) in [6.07, 6.45) is 7.68. The Morgan fingerprint density at radius 1 is 0.568 bits per heavy atom. The van der Waals surface area contributed by atoms with Gasteiger partial charge in [0.15, 0.2) is 24.8 Å². The molecule has 194 valence electrons. The van der Waals surface area contributed by atoms with Crippen molar-refractivity contribution in [3.8, 4) is 33.9 Å². The van der Waals surface area contributed by atoms with Crippen LogP contribution in [0.25, 0.3) is 33.9 Å². The molecular formula is C20H19N7O10. The van der Waals surface area contributed by atoms with E-state index in [1.54, 1.807) is 0 Å². The lowest BCUT2D eigenvalue weighted by atomic mass is 10.0. The van der Waals surface area contributed by atoms with Crippen molar-refractivity contribution < 1.29 is 35.7 Å². The third-order valence-electron chi connectivity index (χ3n) is 3.85. The van der Waals surface area contributed by atoms with Crippen molar-refractivity contribution in [2.24, 2.45) is 0 Å². The number of nitrogens with zero attached hydrogens (tertiary/aromatic N) is 4. The van der Waals surface area contributed by atoms with Gasteiger partial charge in [-0.1, -0.05) is 0 Å². The van der Waals surface area contributed by atoms with Gasteiger partial charge in [-0.25, -0.2) is 19.9 Å². The number of aromatic amines is 3. The molecule has 4 aromatic heterocycles. The van der Waals surface area contributed by atoms with E-state index in [1.165, 1.54) is 0 Å². The van der Waals surface area contributed by atoms with Crippen LogP contribution in [0.1, 0.15) is 0 Å². The summed E-state index contributed by atoms with van der Waals surface area (Å²) in [5.74, 6) is 0. The van der Waals surface area contributed by atoms with Gasteiger partial charge in [0.2, 0.25) is 11.4 Å². The summed E-state index contributed by atoms with van der Waals surface area (Å²) in [6, 6.07) is 20.3. The first-order valence-electron chi connectivity index (χ1n) is 9.47. The van der Waals surface area contributed by atoms with Gasteiger partial charge in [0.05, 0.1) is 15.3 Å². The molecule has 0 atom stereocenters. The van der Waals surface area contributed by atoms with Gasteiger partial charge in [-0.05, 0) is 35.4 Å². The number of hydrogen-bond donors (Lipinski definition) is 0. The average Bonchev–Trinajstić information content (AvgIpc) is 2.84. The maximum Gasteiger partial charge on any atom is 0.229 e. The highest BCUT2D eigenvalue weighted by molar-refractivity contribution is 5.73. The monoisotopic (exact) mass is 517 g/mol. The zero-order valence-electron chi connectivity index (χ0n) is 18.5. The molecule has 4 heterocycles. The molecule has 17 nitrogen and oxygen atoms in total. The van der Waals surface area contributed by atoms with Crippen molar-refractivity contribution in [2.45, 2.75) is 0 Å². The summed E-state index contributed by atoms with van der Waals surface area (Å²) in [7, 11) is 0. The second kappa shape index (κ2) is 16.7. The number of rotatable bonds is 3. The lowest BCUT2D eigenvalue weighted by molar-refractivity contribution is -0.403. The standard InChI is InChI=1S/C20H14N4.3NO3.H2O/c1-3-9-22-17(5-1)19-13-16(15-7-11-21-12-8-15)14-20(24-19)18-6-2-4-10-23-18;3*2-1(3)4;/h1-14H;;;;1H2/q;3*-1;/p+3. The van der Waals surface area contributed by atoms with Gasteiger partial charge in [0.25, 0.3) is 0 Å². The Kier molecular flexibility index (Phi) is 14.1. The fourth-order valence-corrected chi connectivity index (χ4v) is 2.66. The molecule has 0 radical (unpaired) electrons. The summed E-state index contributed by atoms with van der Waals surface area (Å²) in [5, 5.41) is 44.2. The SMILES string of the molecule is O.O=[N+]([O-])[O-].O=[N+]([O-])[O-].O=[N+]([O-])[O-].c1ccc(-c2cc(-c3cc[nH+]cc3)cc(-c3cccc[nH+]3)n2)[nH+]c1. The van der Waals surface area contributed by atoms with Gasteiger partial charge in [0.1, 0.15) is 11.4 Å². The fraction of sp³-hybridized carbons (Fsp3) is 0. The van der Waals surface area contributed by atoms with E-state index in [1.807, 2.05) is 61.2 Å². The number of H-pyrrole nitrogens is 3. The maximum atomic E-state index is 8.25. The molecule has 0 saturated carbocycles. The first kappa shape index (κ1) is 31.2. The van der Waals surface area contributed by atoms with E-state index in [0.717, 1.165) is 33.9 Å². The summed E-state index contributed by atoms with van der Waals surface area (Å²) in [6.45, 7) is 0. The molecule has 0 aromatic carbocycles. The van der Waals surface area contributed by atoms with E-state index in [0.29, 0.717) is 0 Å². The quantitative estimate of drug-likeness (QED) is 0.274. The van der Waals surface area contributed by atoms with E-state index in [4.69, 9.17) is 50.9 Å². The molecule has 0 aliphatic carbocycles. The highest BCUT2D eigenvalue weighted by Crippen LogP contribution is 2.26. The van der Waals surface area contributed by atoms with Crippen LogP contribution < -0.4 is 15.0 Å². The summed E-state index contributed by atoms with van der Waals surface area (Å²) >= 11 is 0. The third kappa shape index (κ3) is 13.5. The molecule has 0 spiro atoms. The first-order valence-corrected chi connectivity index (χ1v) is 9.47. The summed E-state index contributed by atoms with van der Waals surface area (Å²) < 4.78 is 0.